The first-order valence-corrected chi connectivity index (χ1v) is 17.8. The Labute approximate surface area is 301 Å². The van der Waals surface area contributed by atoms with E-state index < -0.39 is 71.6 Å². The van der Waals surface area contributed by atoms with Crippen molar-refractivity contribution >= 4 is 41.4 Å². The third-order valence-corrected chi connectivity index (χ3v) is 10.1. The van der Waals surface area contributed by atoms with Crippen molar-refractivity contribution in [3.8, 4) is 0 Å². The number of nitrogens with zero attached hydrogens (tertiary/aromatic N) is 2. The van der Waals surface area contributed by atoms with E-state index in [1.165, 1.54) is 9.80 Å². The average molecular weight is 712 g/mol. The summed E-state index contributed by atoms with van der Waals surface area (Å²) < 4.78 is 0. The molecule has 0 spiro atoms. The number of carbonyl (C=O) groups excluding carboxylic acids is 7. The van der Waals surface area contributed by atoms with Crippen molar-refractivity contribution in [3.05, 3.63) is 35.9 Å². The number of rotatable bonds is 15. The van der Waals surface area contributed by atoms with Gasteiger partial charge >= 0.3 is 6.03 Å². The summed E-state index contributed by atoms with van der Waals surface area (Å²) in [5, 5.41) is 13.3. The molecule has 0 radical (unpaired) electrons. The van der Waals surface area contributed by atoms with Crippen LogP contribution >= 0.6 is 0 Å². The molecule has 14 heteroatoms. The van der Waals surface area contributed by atoms with E-state index in [0.29, 0.717) is 24.9 Å². The van der Waals surface area contributed by atoms with Crippen LogP contribution in [0.2, 0.25) is 0 Å². The van der Waals surface area contributed by atoms with Gasteiger partial charge in [0.2, 0.25) is 29.4 Å². The quantitative estimate of drug-likeness (QED) is 0.172. The third-order valence-electron chi connectivity index (χ3n) is 10.1. The highest BCUT2D eigenvalue weighted by atomic mass is 16.2. The van der Waals surface area contributed by atoms with E-state index in [2.05, 4.69) is 26.6 Å². The minimum absolute atomic E-state index is 0.0491. The highest BCUT2D eigenvalue weighted by Crippen LogP contribution is 2.65. The Morgan fingerprint density at radius 1 is 0.941 bits per heavy atom. The molecule has 51 heavy (non-hydrogen) atoms. The number of nitrogens with one attached hydrogen (secondary N) is 5. The number of hydrogen-bond acceptors (Lipinski definition) is 7. The van der Waals surface area contributed by atoms with E-state index in [9.17, 15) is 33.6 Å². The number of fused-ring (bicyclic) bond motifs is 1. The maximum atomic E-state index is 14.1. The van der Waals surface area contributed by atoms with Crippen LogP contribution in [0.25, 0.3) is 0 Å². The van der Waals surface area contributed by atoms with Crippen LogP contribution in [-0.4, -0.2) is 103 Å². The van der Waals surface area contributed by atoms with E-state index in [1.807, 2.05) is 48.5 Å². The largest absolute Gasteiger partial charge is 0.347 e. The van der Waals surface area contributed by atoms with E-state index in [1.54, 1.807) is 51.4 Å². The molecule has 2 aliphatic rings. The molecule has 1 aromatic carbocycles. The Morgan fingerprint density at radius 3 is 2.12 bits per heavy atom. The van der Waals surface area contributed by atoms with Gasteiger partial charge in [0.25, 0.3) is 5.91 Å². The first-order valence-electron chi connectivity index (χ1n) is 17.8. The molecule has 2 fully saturated rings. The van der Waals surface area contributed by atoms with Gasteiger partial charge in [-0.25, -0.2) is 4.79 Å². The predicted molar refractivity (Wildman–Crippen MR) is 192 cm³/mol. The van der Waals surface area contributed by atoms with Crippen molar-refractivity contribution in [2.75, 3.05) is 27.2 Å². The molecule has 282 valence electrons. The predicted octanol–water partition coefficient (Wildman–Crippen LogP) is 1.90. The molecule has 7 amide bonds. The number of amides is 7. The second kappa shape index (κ2) is 16.7. The molecule has 14 nitrogen and oxygen atoms in total. The Hall–Kier alpha value is -4.49. The van der Waals surface area contributed by atoms with Crippen LogP contribution < -0.4 is 26.6 Å². The Balaban J connectivity index is 1.73. The number of likely N-dealkylation sites (N-methyl/N-ethyl adjacent to an activating group) is 1. The second-order valence-electron chi connectivity index (χ2n) is 15.7. The van der Waals surface area contributed by atoms with Crippen molar-refractivity contribution in [2.45, 2.75) is 105 Å². The molecule has 1 aliphatic heterocycles. The summed E-state index contributed by atoms with van der Waals surface area (Å²) >= 11 is 0. The van der Waals surface area contributed by atoms with Crippen molar-refractivity contribution in [3.63, 3.8) is 0 Å². The zero-order valence-electron chi connectivity index (χ0n) is 31.7. The summed E-state index contributed by atoms with van der Waals surface area (Å²) in [7, 11) is 3.12. The first kappa shape index (κ1) is 40.9. The summed E-state index contributed by atoms with van der Waals surface area (Å²) in [5.74, 6) is -4.12. The molecular formula is C37H57N7O7. The van der Waals surface area contributed by atoms with Crippen molar-refractivity contribution in [1.29, 1.82) is 0 Å². The van der Waals surface area contributed by atoms with Crippen LogP contribution in [-0.2, 0) is 28.8 Å². The fraction of sp³-hybridized carbons (Fsp3) is 0.649. The molecule has 1 heterocycles. The van der Waals surface area contributed by atoms with Crippen LogP contribution in [0.3, 0.4) is 0 Å². The lowest BCUT2D eigenvalue weighted by molar-refractivity contribution is -0.145. The minimum Gasteiger partial charge on any atom is -0.347 e. The summed E-state index contributed by atoms with van der Waals surface area (Å²) in [6.07, 6.45) is 1.32. The highest BCUT2D eigenvalue weighted by molar-refractivity contribution is 6.38. The number of ketones is 1. The van der Waals surface area contributed by atoms with Crippen molar-refractivity contribution < 1.29 is 33.6 Å². The molecule has 3 rings (SSSR count). The summed E-state index contributed by atoms with van der Waals surface area (Å²) in [6.45, 7) is 14.9. The monoisotopic (exact) mass is 711 g/mol. The Bertz CT molecular complexity index is 1470. The number of hydrogen-bond donors (Lipinski definition) is 5. The lowest BCUT2D eigenvalue weighted by Crippen LogP contribution is -2.61. The SMILES string of the molecule is CCCC(NC(=O)[C@@H]1C2C(CN1C(=O)[C@@H](NC(=O)NC(C)CC)C(C)(C)C)C2(C)C)C(=O)C(=O)NCC(=O)NC(C(=O)N(C)C)c1ccccc1. The van der Waals surface area contributed by atoms with Crippen molar-refractivity contribution in [2.24, 2.45) is 22.7 Å². The Kier molecular flexibility index (Phi) is 13.4. The molecular weight excluding hydrogens is 654 g/mol. The minimum atomic E-state index is -1.20. The molecule has 0 bridgehead atoms. The topological polar surface area (TPSA) is 186 Å². The number of carbonyl (C=O) groups is 7. The van der Waals surface area contributed by atoms with Gasteiger partial charge < -0.3 is 36.4 Å². The van der Waals surface area contributed by atoms with Gasteiger partial charge in [0.1, 0.15) is 18.1 Å². The van der Waals surface area contributed by atoms with Crippen LogP contribution in [0.4, 0.5) is 4.79 Å². The van der Waals surface area contributed by atoms with Crippen LogP contribution in [0.15, 0.2) is 30.3 Å². The molecule has 1 aliphatic carbocycles. The lowest BCUT2D eigenvalue weighted by atomic mass is 9.85. The van der Waals surface area contributed by atoms with Gasteiger partial charge in [-0.3, -0.25) is 28.8 Å². The van der Waals surface area contributed by atoms with E-state index in [4.69, 9.17) is 0 Å². The summed E-state index contributed by atoms with van der Waals surface area (Å²) in [4.78, 5) is 95.9. The maximum Gasteiger partial charge on any atom is 0.315 e. The van der Waals surface area contributed by atoms with Gasteiger partial charge in [0.15, 0.2) is 0 Å². The lowest BCUT2D eigenvalue weighted by Gasteiger charge is -2.38. The molecule has 0 aromatic heterocycles. The number of Topliss-reactive ketones (excluding diaryl/α,β-unsaturated/α-hetero) is 1. The summed E-state index contributed by atoms with van der Waals surface area (Å²) in [6, 6.07) is 4.02. The first-order chi connectivity index (χ1) is 23.8. The fourth-order valence-corrected chi connectivity index (χ4v) is 6.75. The van der Waals surface area contributed by atoms with Gasteiger partial charge in [-0.15, -0.1) is 0 Å². The highest BCUT2D eigenvalue weighted by Gasteiger charge is 2.70. The van der Waals surface area contributed by atoms with Gasteiger partial charge in [0, 0.05) is 26.7 Å². The molecule has 7 atom stereocenters. The van der Waals surface area contributed by atoms with E-state index in [-0.39, 0.29) is 35.6 Å². The number of piperidine rings is 1. The van der Waals surface area contributed by atoms with Crippen LogP contribution in [0.5, 0.6) is 0 Å². The van der Waals surface area contributed by atoms with Gasteiger partial charge in [-0.1, -0.05) is 85.2 Å². The number of likely N-dealkylation sites (tertiary alicyclic amines) is 1. The molecule has 5 unspecified atom stereocenters. The zero-order chi connectivity index (χ0) is 38.4. The average Bonchev–Trinajstić information content (AvgIpc) is 3.37. The standard InChI is InChI=1S/C37H57N7O7/c1-11-16-24(29(46)32(48)38-19-25(45)41-27(33(49)43(9)10)22-17-14-13-15-18-22)40-31(47)28-26-23(37(26,7)8)20-44(28)34(50)30(36(4,5)6)42-35(51)39-21(3)12-2/h13-15,17-18,21,23-24,26-28,30H,11-12,16,19-20H2,1-10H3,(H,38,48)(H,40,47)(H,41,45)(H2,39,42,51)/t21?,23?,24?,26?,27?,28-,30+/m0/s1. The molecule has 1 aromatic rings. The smallest absolute Gasteiger partial charge is 0.315 e. The van der Waals surface area contributed by atoms with Gasteiger partial charge in [-0.05, 0) is 48.0 Å². The zero-order valence-corrected chi connectivity index (χ0v) is 31.7. The van der Waals surface area contributed by atoms with Gasteiger partial charge in [-0.2, -0.15) is 0 Å². The normalized spacial score (nSPS) is 21.1. The molecule has 1 saturated carbocycles. The number of urea groups is 1. The summed E-state index contributed by atoms with van der Waals surface area (Å²) in [5.41, 5.74) is -0.353. The second-order valence-corrected chi connectivity index (χ2v) is 15.7. The molecule has 5 N–H and O–H groups in total. The third kappa shape index (κ3) is 9.85. The Morgan fingerprint density at radius 2 is 1.57 bits per heavy atom. The van der Waals surface area contributed by atoms with Gasteiger partial charge in [0.05, 0.1) is 12.6 Å². The van der Waals surface area contributed by atoms with E-state index >= 15 is 0 Å². The van der Waals surface area contributed by atoms with Crippen molar-refractivity contribution in [1.82, 2.24) is 36.4 Å². The fourth-order valence-electron chi connectivity index (χ4n) is 6.75. The van der Waals surface area contributed by atoms with E-state index in [0.717, 1.165) is 0 Å². The molecule has 1 saturated heterocycles. The number of benzene rings is 1. The maximum absolute atomic E-state index is 14.1. The van der Waals surface area contributed by atoms with Crippen LogP contribution in [0, 0.1) is 22.7 Å². The van der Waals surface area contributed by atoms with Crippen LogP contribution in [0.1, 0.15) is 86.3 Å².